The summed E-state index contributed by atoms with van der Waals surface area (Å²) in [6.45, 7) is 4.73. The summed E-state index contributed by atoms with van der Waals surface area (Å²) < 4.78 is 0. The molecule has 0 unspecified atom stereocenters. The lowest BCUT2D eigenvalue weighted by Crippen LogP contribution is -2.42. The van der Waals surface area contributed by atoms with Crippen molar-refractivity contribution in [1.29, 1.82) is 0 Å². The number of Topliss-reactive ketones (excluding diaryl/α,β-unsaturated/α-hetero) is 1. The predicted molar refractivity (Wildman–Crippen MR) is 108 cm³/mol. The number of rotatable bonds is 3. The number of ketones is 1. The van der Waals surface area contributed by atoms with Crippen molar-refractivity contribution < 1.29 is 9.59 Å². The molecule has 4 rings (SSSR count). The Labute approximate surface area is 164 Å². The number of carbonyl (C=O) groups is 2. The van der Waals surface area contributed by atoms with Gasteiger partial charge in [0.15, 0.2) is 5.78 Å². The van der Waals surface area contributed by atoms with Crippen LogP contribution in [0.1, 0.15) is 45.2 Å². The molecule has 5 nitrogen and oxygen atoms in total. The summed E-state index contributed by atoms with van der Waals surface area (Å²) in [5, 5.41) is 2.03. The lowest BCUT2D eigenvalue weighted by Gasteiger charge is -2.32. The molecule has 2 heterocycles. The highest BCUT2D eigenvalue weighted by Crippen LogP contribution is 2.26. The average molecular weight is 373 g/mol. The molecule has 1 atom stereocenters. The van der Waals surface area contributed by atoms with E-state index in [4.69, 9.17) is 0 Å². The van der Waals surface area contributed by atoms with Gasteiger partial charge in [0.25, 0.3) is 5.91 Å². The van der Waals surface area contributed by atoms with Gasteiger partial charge in [0.2, 0.25) is 0 Å². The number of amides is 1. The van der Waals surface area contributed by atoms with Gasteiger partial charge in [-0.1, -0.05) is 42.5 Å². The monoisotopic (exact) mass is 373 g/mol. The largest absolute Gasteiger partial charge is 0.337 e. The summed E-state index contributed by atoms with van der Waals surface area (Å²) in [6, 6.07) is 15.5. The van der Waals surface area contributed by atoms with E-state index in [1.807, 2.05) is 49.4 Å². The van der Waals surface area contributed by atoms with Gasteiger partial charge in [-0.3, -0.25) is 9.59 Å². The zero-order valence-electron chi connectivity index (χ0n) is 16.2. The minimum Gasteiger partial charge on any atom is -0.337 e. The minimum absolute atomic E-state index is 0.115. The summed E-state index contributed by atoms with van der Waals surface area (Å²) in [4.78, 5) is 36.5. The third-order valence-electron chi connectivity index (χ3n) is 5.32. The number of fused-ring (bicyclic) bond motifs is 1. The van der Waals surface area contributed by atoms with Crippen LogP contribution in [0.5, 0.6) is 0 Å². The lowest BCUT2D eigenvalue weighted by atomic mass is 9.88. The third-order valence-corrected chi connectivity index (χ3v) is 5.32. The summed E-state index contributed by atoms with van der Waals surface area (Å²) in [5.74, 6) is 0.393. The molecule has 3 aromatic rings. The topological polar surface area (TPSA) is 63.2 Å². The van der Waals surface area contributed by atoms with Crippen molar-refractivity contribution in [2.24, 2.45) is 5.92 Å². The van der Waals surface area contributed by atoms with Gasteiger partial charge < -0.3 is 4.90 Å². The molecule has 1 fully saturated rings. The van der Waals surface area contributed by atoms with Crippen molar-refractivity contribution in [2.45, 2.75) is 26.7 Å². The van der Waals surface area contributed by atoms with Crippen molar-refractivity contribution in [2.75, 3.05) is 13.1 Å². The summed E-state index contributed by atoms with van der Waals surface area (Å²) in [7, 11) is 0. The smallest absolute Gasteiger partial charge is 0.272 e. The Morgan fingerprint density at radius 3 is 2.64 bits per heavy atom. The highest BCUT2D eigenvalue weighted by Gasteiger charge is 2.30. The van der Waals surface area contributed by atoms with E-state index in [2.05, 4.69) is 9.97 Å². The molecule has 0 radical (unpaired) electrons. The van der Waals surface area contributed by atoms with Crippen molar-refractivity contribution >= 4 is 22.5 Å². The van der Waals surface area contributed by atoms with E-state index in [1.54, 1.807) is 17.9 Å². The fourth-order valence-corrected chi connectivity index (χ4v) is 4.02. The van der Waals surface area contributed by atoms with Crippen LogP contribution in [0.4, 0.5) is 0 Å². The number of hydrogen-bond acceptors (Lipinski definition) is 4. The highest BCUT2D eigenvalue weighted by atomic mass is 16.2. The zero-order chi connectivity index (χ0) is 19.7. The van der Waals surface area contributed by atoms with Gasteiger partial charge >= 0.3 is 0 Å². The van der Waals surface area contributed by atoms with Crippen LogP contribution in [-0.2, 0) is 0 Å². The van der Waals surface area contributed by atoms with E-state index in [0.29, 0.717) is 24.6 Å². The van der Waals surface area contributed by atoms with Gasteiger partial charge in [0, 0.05) is 30.3 Å². The van der Waals surface area contributed by atoms with Gasteiger partial charge in [0.05, 0.1) is 0 Å². The van der Waals surface area contributed by atoms with Crippen molar-refractivity contribution in [3.8, 4) is 0 Å². The van der Waals surface area contributed by atoms with Crippen LogP contribution in [0.15, 0.2) is 48.5 Å². The number of piperidine rings is 1. The second-order valence-corrected chi connectivity index (χ2v) is 7.42. The number of likely N-dealkylation sites (tertiary alicyclic amines) is 1. The van der Waals surface area contributed by atoms with E-state index >= 15 is 0 Å². The molecule has 1 aliphatic heterocycles. The first-order chi connectivity index (χ1) is 13.5. The fraction of sp³-hybridized carbons (Fsp3) is 0.304. The molecular formula is C23H23N3O2. The van der Waals surface area contributed by atoms with Gasteiger partial charge in [-0.2, -0.15) is 0 Å². The Kier molecular flexibility index (Phi) is 4.90. The first-order valence-corrected chi connectivity index (χ1v) is 9.66. The standard InChI is InChI=1S/C23H23N3O2/c1-15-13-21(25-16(2)24-15)23(28)26-12-6-9-18(14-26)22(27)20-11-5-8-17-7-3-4-10-19(17)20/h3-5,7-8,10-11,13,18H,6,9,12,14H2,1-2H3/t18-/m0/s1. The van der Waals surface area contributed by atoms with Crippen LogP contribution in [-0.4, -0.2) is 39.6 Å². The molecule has 0 aliphatic carbocycles. The second kappa shape index (κ2) is 7.50. The molecule has 5 heteroatoms. The summed E-state index contributed by atoms with van der Waals surface area (Å²) >= 11 is 0. The quantitative estimate of drug-likeness (QED) is 0.652. The van der Waals surface area contributed by atoms with Crippen LogP contribution < -0.4 is 0 Å². The lowest BCUT2D eigenvalue weighted by molar-refractivity contribution is 0.0632. The normalized spacial score (nSPS) is 16.9. The van der Waals surface area contributed by atoms with E-state index < -0.39 is 0 Å². The summed E-state index contributed by atoms with van der Waals surface area (Å²) in [6.07, 6.45) is 1.61. The second-order valence-electron chi connectivity index (χ2n) is 7.42. The fourth-order valence-electron chi connectivity index (χ4n) is 4.02. The Morgan fingerprint density at radius 2 is 1.82 bits per heavy atom. The SMILES string of the molecule is Cc1cc(C(=O)N2CCC[C@H](C(=O)c3cccc4ccccc34)C2)nc(C)n1. The number of benzene rings is 2. The molecule has 2 aromatic carbocycles. The molecule has 1 aliphatic rings. The molecule has 1 saturated heterocycles. The Balaban J connectivity index is 1.58. The predicted octanol–water partition coefficient (Wildman–Crippen LogP) is 3.98. The van der Waals surface area contributed by atoms with E-state index in [9.17, 15) is 9.59 Å². The van der Waals surface area contributed by atoms with Crippen LogP contribution in [0.2, 0.25) is 0 Å². The number of aryl methyl sites for hydroxylation is 2. The molecular weight excluding hydrogens is 350 g/mol. The van der Waals surface area contributed by atoms with E-state index in [1.165, 1.54) is 0 Å². The van der Waals surface area contributed by atoms with Crippen LogP contribution in [0.25, 0.3) is 10.8 Å². The maximum atomic E-state index is 13.3. The maximum Gasteiger partial charge on any atom is 0.272 e. The van der Waals surface area contributed by atoms with Crippen molar-refractivity contribution in [1.82, 2.24) is 14.9 Å². The first kappa shape index (κ1) is 18.3. The number of hydrogen-bond donors (Lipinski definition) is 0. The Bertz CT molecular complexity index is 1040. The van der Waals surface area contributed by atoms with Crippen molar-refractivity contribution in [3.63, 3.8) is 0 Å². The number of carbonyl (C=O) groups excluding carboxylic acids is 2. The van der Waals surface area contributed by atoms with E-state index in [0.717, 1.165) is 34.9 Å². The molecule has 142 valence electrons. The molecule has 0 bridgehead atoms. The number of nitrogens with zero attached hydrogens (tertiary/aromatic N) is 3. The van der Waals surface area contributed by atoms with Gasteiger partial charge in [-0.25, -0.2) is 9.97 Å². The van der Waals surface area contributed by atoms with Crippen LogP contribution in [0, 0.1) is 19.8 Å². The van der Waals surface area contributed by atoms with Gasteiger partial charge in [0.1, 0.15) is 11.5 Å². The summed E-state index contributed by atoms with van der Waals surface area (Å²) in [5.41, 5.74) is 1.92. The minimum atomic E-state index is -0.187. The van der Waals surface area contributed by atoms with Crippen LogP contribution >= 0.6 is 0 Å². The number of aromatic nitrogens is 2. The molecule has 0 spiro atoms. The molecule has 0 N–H and O–H groups in total. The molecule has 1 aromatic heterocycles. The third kappa shape index (κ3) is 3.52. The van der Waals surface area contributed by atoms with E-state index in [-0.39, 0.29) is 17.6 Å². The van der Waals surface area contributed by atoms with Gasteiger partial charge in [-0.15, -0.1) is 0 Å². The molecule has 0 saturated carbocycles. The average Bonchev–Trinajstić information content (AvgIpc) is 2.71. The first-order valence-electron chi connectivity index (χ1n) is 9.66. The Morgan fingerprint density at radius 1 is 1.04 bits per heavy atom. The molecule has 28 heavy (non-hydrogen) atoms. The van der Waals surface area contributed by atoms with Crippen LogP contribution in [0.3, 0.4) is 0 Å². The van der Waals surface area contributed by atoms with Crippen molar-refractivity contribution in [3.05, 3.63) is 71.3 Å². The zero-order valence-corrected chi connectivity index (χ0v) is 16.2. The Hall–Kier alpha value is -3.08. The highest BCUT2D eigenvalue weighted by molar-refractivity contribution is 6.09. The molecule has 1 amide bonds. The maximum absolute atomic E-state index is 13.3. The van der Waals surface area contributed by atoms with Gasteiger partial charge in [-0.05, 0) is 43.5 Å².